The third-order valence-electron chi connectivity index (χ3n) is 2.65. The van der Waals surface area contributed by atoms with Gasteiger partial charge in [-0.05, 0) is 26.7 Å². The molecule has 0 aromatic carbocycles. The van der Waals surface area contributed by atoms with E-state index in [9.17, 15) is 9.59 Å². The van der Waals surface area contributed by atoms with Crippen molar-refractivity contribution in [1.29, 1.82) is 0 Å². The van der Waals surface area contributed by atoms with Crippen molar-refractivity contribution < 1.29 is 4.79 Å². The van der Waals surface area contributed by atoms with Crippen LogP contribution in [0.15, 0.2) is 4.79 Å². The first-order valence-electron chi connectivity index (χ1n) is 5.17. The molecule has 0 atom stereocenters. The predicted molar refractivity (Wildman–Crippen MR) is 56.0 cm³/mol. The Kier molecular flexibility index (Phi) is 2.42. The first-order chi connectivity index (χ1) is 7.08. The van der Waals surface area contributed by atoms with E-state index in [0.29, 0.717) is 17.2 Å². The summed E-state index contributed by atoms with van der Waals surface area (Å²) in [6, 6.07) is 0. The number of aromatic amines is 1. The molecule has 4 heteroatoms. The van der Waals surface area contributed by atoms with Crippen molar-refractivity contribution in [2.75, 3.05) is 0 Å². The predicted octanol–water partition coefficient (Wildman–Crippen LogP) is 1.09. The lowest BCUT2D eigenvalue weighted by Crippen LogP contribution is -2.18. The van der Waals surface area contributed by atoms with Crippen molar-refractivity contribution in [3.63, 3.8) is 0 Å². The summed E-state index contributed by atoms with van der Waals surface area (Å²) in [6.07, 6.45) is 2.44. The van der Waals surface area contributed by atoms with E-state index >= 15 is 0 Å². The molecule has 0 radical (unpaired) electrons. The number of aromatic nitrogens is 2. The van der Waals surface area contributed by atoms with Crippen LogP contribution in [0.5, 0.6) is 0 Å². The summed E-state index contributed by atoms with van der Waals surface area (Å²) in [5.74, 6) is 1.20. The highest BCUT2D eigenvalue weighted by Gasteiger charge is 2.27. The van der Waals surface area contributed by atoms with Crippen LogP contribution >= 0.6 is 0 Å². The molecule has 0 bridgehead atoms. The molecule has 4 nitrogen and oxygen atoms in total. The highest BCUT2D eigenvalue weighted by Crippen LogP contribution is 2.37. The number of rotatable bonds is 3. The molecule has 0 aliphatic heterocycles. The zero-order valence-corrected chi connectivity index (χ0v) is 8.96. The summed E-state index contributed by atoms with van der Waals surface area (Å²) in [5.41, 5.74) is 1.09. The van der Waals surface area contributed by atoms with Crippen molar-refractivity contribution in [3.05, 3.63) is 27.4 Å². The van der Waals surface area contributed by atoms with E-state index in [-0.39, 0.29) is 17.8 Å². The van der Waals surface area contributed by atoms with Gasteiger partial charge in [0.15, 0.2) is 0 Å². The zero-order chi connectivity index (χ0) is 11.0. The summed E-state index contributed by atoms with van der Waals surface area (Å²) in [4.78, 5) is 29.7. The molecule has 0 spiro atoms. The molecule has 0 amide bonds. The van der Waals surface area contributed by atoms with Gasteiger partial charge in [0.25, 0.3) is 5.56 Å². The minimum absolute atomic E-state index is 0.0398. The first kappa shape index (κ1) is 10.1. The number of hydrogen-bond acceptors (Lipinski definition) is 3. The lowest BCUT2D eigenvalue weighted by Gasteiger charge is -2.04. The van der Waals surface area contributed by atoms with Crippen LogP contribution in [0.3, 0.4) is 0 Å². The standard InChI is InChI=1S/C11H14N2O2/c1-6(14)5-9-7(2)11(15)13-10(12-9)8-3-4-8/h8H,3-5H2,1-2H3,(H,12,13,15). The lowest BCUT2D eigenvalue weighted by atomic mass is 10.1. The molecular formula is C11H14N2O2. The number of H-pyrrole nitrogens is 1. The number of Topliss-reactive ketones (excluding diaryl/α,β-unsaturated/α-hetero) is 1. The van der Waals surface area contributed by atoms with Crippen LogP contribution in [-0.4, -0.2) is 15.8 Å². The van der Waals surface area contributed by atoms with Crippen LogP contribution < -0.4 is 5.56 Å². The van der Waals surface area contributed by atoms with Gasteiger partial charge in [0.1, 0.15) is 11.6 Å². The fourth-order valence-corrected chi connectivity index (χ4v) is 1.56. The van der Waals surface area contributed by atoms with Crippen LogP contribution in [0.2, 0.25) is 0 Å². The van der Waals surface area contributed by atoms with Gasteiger partial charge < -0.3 is 4.98 Å². The number of nitrogens with one attached hydrogen (secondary N) is 1. The molecule has 0 saturated heterocycles. The Morgan fingerprint density at radius 1 is 1.53 bits per heavy atom. The van der Waals surface area contributed by atoms with Crippen LogP contribution in [-0.2, 0) is 11.2 Å². The molecule has 1 N–H and O–H groups in total. The topological polar surface area (TPSA) is 62.8 Å². The average molecular weight is 206 g/mol. The van der Waals surface area contributed by atoms with E-state index in [1.165, 1.54) is 6.92 Å². The van der Waals surface area contributed by atoms with Gasteiger partial charge in [-0.25, -0.2) is 4.98 Å². The lowest BCUT2D eigenvalue weighted by molar-refractivity contribution is -0.116. The number of carbonyl (C=O) groups is 1. The molecule has 1 aliphatic carbocycles. The summed E-state index contributed by atoms with van der Waals surface area (Å²) in [6.45, 7) is 3.22. The maximum atomic E-state index is 11.6. The largest absolute Gasteiger partial charge is 0.310 e. The zero-order valence-electron chi connectivity index (χ0n) is 8.96. The normalized spacial score (nSPS) is 15.3. The van der Waals surface area contributed by atoms with Crippen LogP contribution in [0, 0.1) is 6.92 Å². The van der Waals surface area contributed by atoms with Gasteiger partial charge in [0, 0.05) is 17.9 Å². The van der Waals surface area contributed by atoms with Gasteiger partial charge in [0.2, 0.25) is 0 Å². The molecule has 1 aliphatic rings. The monoisotopic (exact) mass is 206 g/mol. The van der Waals surface area contributed by atoms with Gasteiger partial charge >= 0.3 is 0 Å². The Morgan fingerprint density at radius 2 is 2.20 bits per heavy atom. The minimum atomic E-state index is -0.108. The van der Waals surface area contributed by atoms with Crippen LogP contribution in [0.25, 0.3) is 0 Å². The van der Waals surface area contributed by atoms with E-state index in [1.54, 1.807) is 6.92 Å². The molecule has 1 saturated carbocycles. The Hall–Kier alpha value is -1.45. The van der Waals surface area contributed by atoms with Crippen LogP contribution in [0.4, 0.5) is 0 Å². The molecular weight excluding hydrogens is 192 g/mol. The molecule has 1 aromatic rings. The quantitative estimate of drug-likeness (QED) is 0.805. The van der Waals surface area contributed by atoms with Gasteiger partial charge in [-0.15, -0.1) is 0 Å². The second kappa shape index (κ2) is 3.61. The Morgan fingerprint density at radius 3 is 2.73 bits per heavy atom. The number of ketones is 1. The molecule has 1 aromatic heterocycles. The fraction of sp³-hybridized carbons (Fsp3) is 0.545. The molecule has 80 valence electrons. The van der Waals surface area contributed by atoms with Crippen molar-refractivity contribution in [1.82, 2.24) is 9.97 Å². The van der Waals surface area contributed by atoms with E-state index in [2.05, 4.69) is 9.97 Å². The molecule has 0 unspecified atom stereocenters. The Labute approximate surface area is 87.7 Å². The van der Waals surface area contributed by atoms with E-state index < -0.39 is 0 Å². The van der Waals surface area contributed by atoms with Crippen molar-refractivity contribution >= 4 is 5.78 Å². The summed E-state index contributed by atoms with van der Waals surface area (Å²) < 4.78 is 0. The first-order valence-corrected chi connectivity index (χ1v) is 5.17. The third kappa shape index (κ3) is 2.14. The molecule has 1 heterocycles. The van der Waals surface area contributed by atoms with Crippen molar-refractivity contribution in [2.24, 2.45) is 0 Å². The fourth-order valence-electron chi connectivity index (χ4n) is 1.56. The average Bonchev–Trinajstić information content (AvgIpc) is 2.94. The van der Waals surface area contributed by atoms with E-state index in [0.717, 1.165) is 18.7 Å². The number of nitrogens with zero attached hydrogens (tertiary/aromatic N) is 1. The summed E-state index contributed by atoms with van der Waals surface area (Å²) in [7, 11) is 0. The van der Waals surface area contributed by atoms with E-state index in [1.807, 2.05) is 0 Å². The van der Waals surface area contributed by atoms with Crippen molar-refractivity contribution in [3.8, 4) is 0 Å². The minimum Gasteiger partial charge on any atom is -0.310 e. The highest BCUT2D eigenvalue weighted by molar-refractivity contribution is 5.77. The molecule has 15 heavy (non-hydrogen) atoms. The van der Waals surface area contributed by atoms with Gasteiger partial charge in [-0.2, -0.15) is 0 Å². The Bertz CT molecular complexity index is 458. The Balaban J connectivity index is 2.42. The highest BCUT2D eigenvalue weighted by atomic mass is 16.1. The smallest absolute Gasteiger partial charge is 0.254 e. The van der Waals surface area contributed by atoms with Crippen LogP contribution in [0.1, 0.15) is 42.8 Å². The maximum Gasteiger partial charge on any atom is 0.254 e. The number of hydrogen-bond donors (Lipinski definition) is 1. The van der Waals surface area contributed by atoms with Crippen molar-refractivity contribution in [2.45, 2.75) is 39.0 Å². The van der Waals surface area contributed by atoms with Gasteiger partial charge in [-0.1, -0.05) is 0 Å². The molecule has 2 rings (SSSR count). The van der Waals surface area contributed by atoms with Gasteiger partial charge in [-0.3, -0.25) is 9.59 Å². The summed E-state index contributed by atoms with van der Waals surface area (Å²) in [5, 5.41) is 0. The maximum absolute atomic E-state index is 11.6. The third-order valence-corrected chi connectivity index (χ3v) is 2.65. The van der Waals surface area contributed by atoms with Gasteiger partial charge in [0.05, 0.1) is 5.69 Å². The number of carbonyl (C=O) groups excluding carboxylic acids is 1. The molecule has 1 fully saturated rings. The van der Waals surface area contributed by atoms with E-state index in [4.69, 9.17) is 0 Å². The second-order valence-corrected chi connectivity index (χ2v) is 4.18. The summed E-state index contributed by atoms with van der Waals surface area (Å²) >= 11 is 0. The SMILES string of the molecule is CC(=O)Cc1nc(C2CC2)[nH]c(=O)c1C. The second-order valence-electron chi connectivity index (χ2n) is 4.18.